The largest absolute Gasteiger partial charge is 0.491 e. The van der Waals surface area contributed by atoms with E-state index in [2.05, 4.69) is 26.8 Å². The number of nitrogens with two attached hydrogens (primary N) is 1. The molecule has 0 saturated carbocycles. The molecule has 0 aromatic carbocycles. The molecule has 3 N–H and O–H groups in total. The number of nitrogens with zero attached hydrogens (tertiary/aromatic N) is 4. The lowest BCUT2D eigenvalue weighted by atomic mass is 10.0. The van der Waals surface area contributed by atoms with Crippen LogP contribution in [0.25, 0.3) is 16.7 Å². The number of methoxy groups -OCH3 is 1. The van der Waals surface area contributed by atoms with E-state index in [9.17, 15) is 5.11 Å². The van der Waals surface area contributed by atoms with Crippen molar-refractivity contribution in [2.45, 2.75) is 25.9 Å². The predicted molar refractivity (Wildman–Crippen MR) is 95.4 cm³/mol. The quantitative estimate of drug-likeness (QED) is 0.709. The Balaban J connectivity index is 2.13. The summed E-state index contributed by atoms with van der Waals surface area (Å²) in [6.45, 7) is 3.55. The second kappa shape index (κ2) is 6.42. The van der Waals surface area contributed by atoms with Crippen molar-refractivity contribution in [1.82, 2.24) is 19.5 Å². The van der Waals surface area contributed by atoms with E-state index in [0.717, 1.165) is 10.9 Å². The summed E-state index contributed by atoms with van der Waals surface area (Å²) in [5.74, 6) is 6.96. The molecule has 0 radical (unpaired) electrons. The molecule has 3 aromatic heterocycles. The third-order valence-corrected chi connectivity index (χ3v) is 3.93. The van der Waals surface area contributed by atoms with E-state index in [4.69, 9.17) is 10.5 Å². The molecule has 128 valence electrons. The SMILES string of the molecule is CC[C@](C)(O)C#Cc1cc2c(ccn2-c2nc(N)ncc2OC)cn1. The maximum absolute atomic E-state index is 10.0. The van der Waals surface area contributed by atoms with Crippen LogP contribution in [0.3, 0.4) is 0 Å². The number of ether oxygens (including phenoxy) is 1. The highest BCUT2D eigenvalue weighted by molar-refractivity contribution is 5.82. The van der Waals surface area contributed by atoms with E-state index < -0.39 is 5.60 Å². The molecule has 3 aromatic rings. The smallest absolute Gasteiger partial charge is 0.222 e. The molecule has 0 aliphatic rings. The van der Waals surface area contributed by atoms with E-state index >= 15 is 0 Å². The summed E-state index contributed by atoms with van der Waals surface area (Å²) in [6, 6.07) is 3.76. The number of aliphatic hydroxyl groups is 1. The Hall–Kier alpha value is -3.11. The van der Waals surface area contributed by atoms with E-state index in [1.54, 1.807) is 20.2 Å². The van der Waals surface area contributed by atoms with Crippen LogP contribution in [0.5, 0.6) is 5.75 Å². The van der Waals surface area contributed by atoms with Gasteiger partial charge in [-0.1, -0.05) is 12.8 Å². The van der Waals surface area contributed by atoms with Crippen LogP contribution in [0.1, 0.15) is 26.0 Å². The van der Waals surface area contributed by atoms with Crippen molar-refractivity contribution in [2.75, 3.05) is 12.8 Å². The van der Waals surface area contributed by atoms with Gasteiger partial charge in [-0.05, 0) is 31.4 Å². The van der Waals surface area contributed by atoms with Crippen LogP contribution in [-0.2, 0) is 0 Å². The summed E-state index contributed by atoms with van der Waals surface area (Å²) < 4.78 is 7.18. The van der Waals surface area contributed by atoms with E-state index in [-0.39, 0.29) is 5.95 Å². The minimum Gasteiger partial charge on any atom is -0.491 e. The van der Waals surface area contributed by atoms with Gasteiger partial charge in [-0.2, -0.15) is 4.98 Å². The standard InChI is InChI=1S/C18H19N5O2/c1-4-18(2,24)7-5-13-9-14-12(10-20-13)6-8-23(14)16-15(25-3)11-21-17(19)22-16/h6,8-11,24H,4H2,1-3H3,(H2,19,21,22)/t18-/m0/s1. The fourth-order valence-corrected chi connectivity index (χ4v) is 2.26. The fraction of sp³-hybridized carbons (Fsp3) is 0.278. The first-order valence-electron chi connectivity index (χ1n) is 7.83. The van der Waals surface area contributed by atoms with Crippen LogP contribution >= 0.6 is 0 Å². The van der Waals surface area contributed by atoms with Gasteiger partial charge in [-0.3, -0.25) is 4.57 Å². The highest BCUT2D eigenvalue weighted by Gasteiger charge is 2.14. The number of hydrogen-bond donors (Lipinski definition) is 2. The lowest BCUT2D eigenvalue weighted by Gasteiger charge is -2.12. The molecule has 0 saturated heterocycles. The Bertz CT molecular complexity index is 982. The Morgan fingerprint density at radius 1 is 1.36 bits per heavy atom. The normalized spacial score (nSPS) is 13.1. The molecule has 0 spiro atoms. The number of nitrogen functional groups attached to an aromatic ring is 1. The van der Waals surface area contributed by atoms with Crippen LogP contribution in [0.2, 0.25) is 0 Å². The van der Waals surface area contributed by atoms with Gasteiger partial charge in [0.2, 0.25) is 5.95 Å². The zero-order valence-electron chi connectivity index (χ0n) is 14.3. The summed E-state index contributed by atoms with van der Waals surface area (Å²) in [7, 11) is 1.55. The molecule has 0 aliphatic heterocycles. The topological polar surface area (TPSA) is 99.1 Å². The summed E-state index contributed by atoms with van der Waals surface area (Å²) in [5, 5.41) is 11.0. The van der Waals surface area contributed by atoms with Crippen molar-refractivity contribution in [3.8, 4) is 23.4 Å². The third kappa shape index (κ3) is 3.39. The monoisotopic (exact) mass is 337 g/mol. The van der Waals surface area contributed by atoms with Crippen molar-refractivity contribution in [1.29, 1.82) is 0 Å². The zero-order chi connectivity index (χ0) is 18.0. The van der Waals surface area contributed by atoms with Gasteiger partial charge in [0, 0.05) is 17.8 Å². The van der Waals surface area contributed by atoms with Gasteiger partial charge in [0.1, 0.15) is 11.3 Å². The van der Waals surface area contributed by atoms with E-state index in [1.807, 2.05) is 29.8 Å². The summed E-state index contributed by atoms with van der Waals surface area (Å²) in [6.07, 6.45) is 5.66. The average Bonchev–Trinajstić information content (AvgIpc) is 3.03. The second-order valence-electron chi connectivity index (χ2n) is 5.81. The number of aromatic nitrogens is 4. The summed E-state index contributed by atoms with van der Waals surface area (Å²) in [5.41, 5.74) is 6.09. The molecule has 25 heavy (non-hydrogen) atoms. The van der Waals surface area contributed by atoms with E-state index in [0.29, 0.717) is 23.7 Å². The highest BCUT2D eigenvalue weighted by Crippen LogP contribution is 2.25. The molecule has 3 rings (SSSR count). The molecule has 0 aliphatic carbocycles. The molecule has 3 heterocycles. The van der Waals surface area contributed by atoms with Crippen molar-refractivity contribution in [2.24, 2.45) is 0 Å². The molecular weight excluding hydrogens is 318 g/mol. The van der Waals surface area contributed by atoms with Crippen LogP contribution in [-0.4, -0.2) is 37.3 Å². The predicted octanol–water partition coefficient (Wildman–Crippen LogP) is 1.92. The first-order valence-corrected chi connectivity index (χ1v) is 7.83. The van der Waals surface area contributed by atoms with Gasteiger partial charge in [0.25, 0.3) is 0 Å². The number of pyridine rings is 1. The lowest BCUT2D eigenvalue weighted by Crippen LogP contribution is -2.19. The number of rotatable bonds is 3. The maximum Gasteiger partial charge on any atom is 0.222 e. The molecule has 0 unspecified atom stereocenters. The van der Waals surface area contributed by atoms with Crippen LogP contribution < -0.4 is 10.5 Å². The molecule has 7 heteroatoms. The number of fused-ring (bicyclic) bond motifs is 1. The summed E-state index contributed by atoms with van der Waals surface area (Å²) >= 11 is 0. The molecular formula is C18H19N5O2. The first kappa shape index (κ1) is 16.7. The van der Waals surface area contributed by atoms with Crippen molar-refractivity contribution in [3.05, 3.63) is 36.4 Å². The highest BCUT2D eigenvalue weighted by atomic mass is 16.5. The third-order valence-electron chi connectivity index (χ3n) is 3.93. The second-order valence-corrected chi connectivity index (χ2v) is 5.81. The van der Waals surface area contributed by atoms with Crippen molar-refractivity contribution in [3.63, 3.8) is 0 Å². The number of anilines is 1. The molecule has 0 fully saturated rings. The van der Waals surface area contributed by atoms with Gasteiger partial charge in [0.15, 0.2) is 11.6 Å². The van der Waals surface area contributed by atoms with Crippen LogP contribution in [0.15, 0.2) is 30.7 Å². The van der Waals surface area contributed by atoms with Gasteiger partial charge in [0.05, 0.1) is 18.8 Å². The molecule has 0 bridgehead atoms. The van der Waals surface area contributed by atoms with Crippen LogP contribution in [0.4, 0.5) is 5.95 Å². The minimum absolute atomic E-state index is 0.158. The Labute approximate surface area is 145 Å². The zero-order valence-corrected chi connectivity index (χ0v) is 14.3. The van der Waals surface area contributed by atoms with Gasteiger partial charge >= 0.3 is 0 Å². The fourth-order valence-electron chi connectivity index (χ4n) is 2.26. The Morgan fingerprint density at radius 3 is 2.88 bits per heavy atom. The van der Waals surface area contributed by atoms with E-state index in [1.165, 1.54) is 6.20 Å². The van der Waals surface area contributed by atoms with Gasteiger partial charge in [-0.15, -0.1) is 0 Å². The van der Waals surface area contributed by atoms with Crippen molar-refractivity contribution < 1.29 is 9.84 Å². The first-order chi connectivity index (χ1) is 11.9. The van der Waals surface area contributed by atoms with Crippen molar-refractivity contribution >= 4 is 16.9 Å². The van der Waals surface area contributed by atoms with Gasteiger partial charge in [-0.25, -0.2) is 9.97 Å². The Morgan fingerprint density at radius 2 is 2.16 bits per heavy atom. The number of hydrogen-bond acceptors (Lipinski definition) is 6. The summed E-state index contributed by atoms with van der Waals surface area (Å²) in [4.78, 5) is 12.5. The minimum atomic E-state index is -1.04. The maximum atomic E-state index is 10.0. The average molecular weight is 337 g/mol. The Kier molecular flexibility index (Phi) is 4.30. The van der Waals surface area contributed by atoms with Crippen LogP contribution in [0, 0.1) is 11.8 Å². The molecule has 0 amide bonds. The van der Waals surface area contributed by atoms with Gasteiger partial charge < -0.3 is 15.6 Å². The molecule has 7 nitrogen and oxygen atoms in total. The molecule has 1 atom stereocenters. The lowest BCUT2D eigenvalue weighted by molar-refractivity contribution is 0.118.